The van der Waals surface area contributed by atoms with Gasteiger partial charge in [-0.2, -0.15) is 0 Å². The van der Waals surface area contributed by atoms with Gasteiger partial charge in [-0.1, -0.05) is 0 Å². The number of anilines is 1. The van der Waals surface area contributed by atoms with Crippen molar-refractivity contribution in [2.24, 2.45) is 0 Å². The zero-order valence-corrected chi connectivity index (χ0v) is 10.6. The predicted molar refractivity (Wildman–Crippen MR) is 66.7 cm³/mol. The van der Waals surface area contributed by atoms with E-state index in [-0.39, 0.29) is 11.6 Å². The van der Waals surface area contributed by atoms with Crippen molar-refractivity contribution < 1.29 is 4.79 Å². The molecule has 0 saturated heterocycles. The molecule has 5 nitrogen and oxygen atoms in total. The van der Waals surface area contributed by atoms with E-state index < -0.39 is 0 Å². The first-order valence-corrected chi connectivity index (χ1v) is 5.66. The molecule has 0 fully saturated rings. The number of aromatic nitrogens is 3. The van der Waals surface area contributed by atoms with Gasteiger partial charge in [-0.05, 0) is 35.0 Å². The van der Waals surface area contributed by atoms with Gasteiger partial charge >= 0.3 is 0 Å². The Kier molecular flexibility index (Phi) is 3.43. The summed E-state index contributed by atoms with van der Waals surface area (Å²) < 4.78 is 0.714. The van der Waals surface area contributed by atoms with E-state index in [0.29, 0.717) is 10.3 Å². The monoisotopic (exact) mass is 292 g/mol. The summed E-state index contributed by atoms with van der Waals surface area (Å²) in [7, 11) is 0. The fourth-order valence-electron chi connectivity index (χ4n) is 1.15. The highest BCUT2D eigenvalue weighted by atomic mass is 79.9. The van der Waals surface area contributed by atoms with E-state index in [0.717, 1.165) is 5.69 Å². The van der Waals surface area contributed by atoms with Gasteiger partial charge in [-0.3, -0.25) is 9.78 Å². The number of hydrogen-bond donors (Lipinski definition) is 1. The summed E-state index contributed by atoms with van der Waals surface area (Å²) in [6, 6.07) is 3.49. The molecule has 0 aromatic carbocycles. The standard InChI is InChI=1S/C11H9BrN4O/c1-7-4-14-9(6-13-7)11(17)16-8-2-3-10(12)15-5-8/h2-6H,1H3,(H,16,17). The van der Waals surface area contributed by atoms with Crippen molar-refractivity contribution in [1.82, 2.24) is 15.0 Å². The van der Waals surface area contributed by atoms with Crippen molar-refractivity contribution in [3.8, 4) is 0 Å². The second-order valence-electron chi connectivity index (χ2n) is 3.37. The van der Waals surface area contributed by atoms with Crippen LogP contribution in [0.3, 0.4) is 0 Å². The van der Waals surface area contributed by atoms with Crippen molar-refractivity contribution in [2.45, 2.75) is 6.92 Å². The molecule has 0 radical (unpaired) electrons. The number of nitrogens with one attached hydrogen (secondary N) is 1. The largest absolute Gasteiger partial charge is 0.319 e. The third kappa shape index (κ3) is 3.07. The van der Waals surface area contributed by atoms with Crippen LogP contribution in [-0.4, -0.2) is 20.9 Å². The van der Waals surface area contributed by atoms with Gasteiger partial charge in [0.2, 0.25) is 0 Å². The number of carbonyl (C=O) groups excluding carboxylic acids is 1. The zero-order chi connectivity index (χ0) is 12.3. The molecule has 2 heterocycles. The molecule has 6 heteroatoms. The minimum absolute atomic E-state index is 0.276. The molecule has 0 aliphatic rings. The zero-order valence-electron chi connectivity index (χ0n) is 9.01. The second-order valence-corrected chi connectivity index (χ2v) is 4.18. The molecule has 0 bridgehead atoms. The Labute approximate surface area is 106 Å². The third-order valence-corrected chi connectivity index (χ3v) is 2.47. The molecule has 0 spiro atoms. The lowest BCUT2D eigenvalue weighted by Crippen LogP contribution is -2.14. The van der Waals surface area contributed by atoms with Crippen LogP contribution in [0.15, 0.2) is 35.3 Å². The van der Waals surface area contributed by atoms with Crippen LogP contribution in [0.4, 0.5) is 5.69 Å². The van der Waals surface area contributed by atoms with E-state index in [1.807, 2.05) is 6.92 Å². The van der Waals surface area contributed by atoms with Crippen LogP contribution in [0.5, 0.6) is 0 Å². The average Bonchev–Trinajstić information content (AvgIpc) is 2.33. The first kappa shape index (κ1) is 11.7. The van der Waals surface area contributed by atoms with E-state index in [2.05, 4.69) is 36.2 Å². The fraction of sp³-hybridized carbons (Fsp3) is 0.0909. The van der Waals surface area contributed by atoms with Gasteiger partial charge in [0.1, 0.15) is 10.3 Å². The Morgan fingerprint density at radius 3 is 2.59 bits per heavy atom. The summed E-state index contributed by atoms with van der Waals surface area (Å²) in [5.74, 6) is -0.304. The number of nitrogens with zero attached hydrogens (tertiary/aromatic N) is 3. The van der Waals surface area contributed by atoms with Crippen molar-refractivity contribution in [3.05, 3.63) is 46.7 Å². The highest BCUT2D eigenvalue weighted by Gasteiger charge is 2.07. The lowest BCUT2D eigenvalue weighted by atomic mass is 10.3. The van der Waals surface area contributed by atoms with Crippen molar-refractivity contribution in [1.29, 1.82) is 0 Å². The summed E-state index contributed by atoms with van der Waals surface area (Å²) in [6.07, 6.45) is 4.55. The van der Waals surface area contributed by atoms with E-state index in [9.17, 15) is 4.79 Å². The van der Waals surface area contributed by atoms with Crippen LogP contribution in [0.2, 0.25) is 0 Å². The molecule has 0 atom stereocenters. The molecule has 2 aromatic heterocycles. The average molecular weight is 293 g/mol. The van der Waals surface area contributed by atoms with Crippen LogP contribution in [0.25, 0.3) is 0 Å². The maximum absolute atomic E-state index is 11.8. The number of hydrogen-bond acceptors (Lipinski definition) is 4. The molecule has 17 heavy (non-hydrogen) atoms. The van der Waals surface area contributed by atoms with E-state index in [4.69, 9.17) is 0 Å². The van der Waals surface area contributed by atoms with E-state index in [1.54, 1.807) is 24.5 Å². The molecule has 2 rings (SSSR count). The molecule has 0 aliphatic carbocycles. The summed E-state index contributed by atoms with van der Waals surface area (Å²) >= 11 is 3.22. The van der Waals surface area contributed by atoms with Gasteiger partial charge in [0, 0.05) is 6.20 Å². The molecule has 2 aromatic rings. The number of pyridine rings is 1. The van der Waals surface area contributed by atoms with E-state index >= 15 is 0 Å². The quantitative estimate of drug-likeness (QED) is 0.862. The normalized spacial score (nSPS) is 10.0. The van der Waals surface area contributed by atoms with Gasteiger partial charge in [0.15, 0.2) is 0 Å². The highest BCUT2D eigenvalue weighted by molar-refractivity contribution is 9.10. The Morgan fingerprint density at radius 1 is 1.18 bits per heavy atom. The van der Waals surface area contributed by atoms with Crippen LogP contribution < -0.4 is 5.32 Å². The molecule has 0 unspecified atom stereocenters. The minimum Gasteiger partial charge on any atom is -0.319 e. The molecular formula is C11H9BrN4O. The Balaban J connectivity index is 2.11. The Morgan fingerprint density at radius 2 is 2.00 bits per heavy atom. The number of amides is 1. The van der Waals surface area contributed by atoms with Crippen molar-refractivity contribution in [2.75, 3.05) is 5.32 Å². The lowest BCUT2D eigenvalue weighted by molar-refractivity contribution is 0.102. The molecular weight excluding hydrogens is 284 g/mol. The van der Waals surface area contributed by atoms with Gasteiger partial charge in [0.05, 0.1) is 23.8 Å². The summed E-state index contributed by atoms with van der Waals surface area (Å²) in [5, 5.41) is 2.68. The lowest BCUT2D eigenvalue weighted by Gasteiger charge is -2.03. The Hall–Kier alpha value is -1.82. The second kappa shape index (κ2) is 5.01. The van der Waals surface area contributed by atoms with Crippen molar-refractivity contribution >= 4 is 27.5 Å². The van der Waals surface area contributed by atoms with Crippen LogP contribution in [0, 0.1) is 6.92 Å². The van der Waals surface area contributed by atoms with Crippen LogP contribution in [-0.2, 0) is 0 Å². The topological polar surface area (TPSA) is 67.8 Å². The molecule has 1 N–H and O–H groups in total. The van der Waals surface area contributed by atoms with Crippen LogP contribution >= 0.6 is 15.9 Å². The predicted octanol–water partition coefficient (Wildman–Crippen LogP) is 2.19. The molecule has 86 valence electrons. The minimum atomic E-state index is -0.304. The fourth-order valence-corrected chi connectivity index (χ4v) is 1.39. The molecule has 0 saturated carbocycles. The molecule has 1 amide bonds. The number of aryl methyl sites for hydroxylation is 1. The number of carbonyl (C=O) groups is 1. The maximum Gasteiger partial charge on any atom is 0.275 e. The van der Waals surface area contributed by atoms with E-state index in [1.165, 1.54) is 6.20 Å². The SMILES string of the molecule is Cc1cnc(C(=O)Nc2ccc(Br)nc2)cn1. The summed E-state index contributed by atoms with van der Waals surface area (Å²) in [6.45, 7) is 1.81. The number of rotatable bonds is 2. The van der Waals surface area contributed by atoms with Crippen molar-refractivity contribution in [3.63, 3.8) is 0 Å². The van der Waals surface area contributed by atoms with Gasteiger partial charge in [-0.25, -0.2) is 9.97 Å². The van der Waals surface area contributed by atoms with Gasteiger partial charge in [-0.15, -0.1) is 0 Å². The molecule has 0 aliphatic heterocycles. The number of halogens is 1. The maximum atomic E-state index is 11.8. The summed E-state index contributed by atoms with van der Waals surface area (Å²) in [5.41, 5.74) is 1.66. The summed E-state index contributed by atoms with van der Waals surface area (Å²) in [4.78, 5) is 23.8. The third-order valence-electron chi connectivity index (χ3n) is 2.00. The Bertz CT molecular complexity index is 524. The van der Waals surface area contributed by atoms with Gasteiger partial charge in [0.25, 0.3) is 5.91 Å². The highest BCUT2D eigenvalue weighted by Crippen LogP contribution is 2.11. The first-order chi connectivity index (χ1) is 8.15. The van der Waals surface area contributed by atoms with Crippen LogP contribution in [0.1, 0.15) is 16.2 Å². The van der Waals surface area contributed by atoms with Gasteiger partial charge < -0.3 is 5.32 Å². The smallest absolute Gasteiger partial charge is 0.275 e. The first-order valence-electron chi connectivity index (χ1n) is 4.87.